The molecule has 6 nitrogen and oxygen atoms in total. The molecule has 0 unspecified atom stereocenters. The summed E-state index contributed by atoms with van der Waals surface area (Å²) in [4.78, 5) is 25.6. The molecule has 1 rings (SSSR count). The number of rotatable bonds is 3. The highest BCUT2D eigenvalue weighted by molar-refractivity contribution is 5.95. The van der Waals surface area contributed by atoms with Crippen molar-refractivity contribution in [2.45, 2.75) is 6.92 Å². The van der Waals surface area contributed by atoms with Crippen LogP contribution in [0.2, 0.25) is 0 Å². The zero-order valence-corrected chi connectivity index (χ0v) is 8.47. The zero-order chi connectivity index (χ0) is 12.1. The first-order valence-corrected chi connectivity index (χ1v) is 4.46. The smallest absolute Gasteiger partial charge is 0.372 e. The molecular weight excluding hydrogens is 216 g/mol. The summed E-state index contributed by atoms with van der Waals surface area (Å²) in [6.07, 6.45) is 0. The average molecular weight is 226 g/mol. The Bertz CT molecular complexity index is 412. The van der Waals surface area contributed by atoms with Gasteiger partial charge in [-0.1, -0.05) is 0 Å². The Labute approximate surface area is 91.0 Å². The predicted octanol–water partition coefficient (Wildman–Crippen LogP) is 1.20. The van der Waals surface area contributed by atoms with Crippen molar-refractivity contribution in [1.82, 2.24) is 0 Å². The van der Waals surface area contributed by atoms with Crippen LogP contribution in [0.4, 0.5) is 0 Å². The van der Waals surface area contributed by atoms with E-state index in [1.807, 2.05) is 0 Å². The fourth-order valence-corrected chi connectivity index (χ4v) is 1.09. The maximum Gasteiger partial charge on any atom is 0.372 e. The molecule has 86 valence electrons. The summed E-state index contributed by atoms with van der Waals surface area (Å²) in [6, 6.07) is 3.44. The highest BCUT2D eigenvalue weighted by Crippen LogP contribution is 2.20. The van der Waals surface area contributed by atoms with Crippen molar-refractivity contribution in [1.29, 1.82) is 0 Å². The number of ether oxygens (including phenoxy) is 1. The third-order valence-corrected chi connectivity index (χ3v) is 1.81. The fourth-order valence-electron chi connectivity index (χ4n) is 1.09. The first kappa shape index (κ1) is 12.0. The molecule has 0 radical (unpaired) electrons. The van der Waals surface area contributed by atoms with Gasteiger partial charge in [0.2, 0.25) is 0 Å². The summed E-state index contributed by atoms with van der Waals surface area (Å²) in [5.74, 6) is -2.13. The van der Waals surface area contributed by atoms with Crippen LogP contribution >= 0.6 is 0 Å². The highest BCUT2D eigenvalue weighted by Gasteiger charge is 2.15. The molecule has 2 N–H and O–H groups in total. The van der Waals surface area contributed by atoms with Gasteiger partial charge < -0.3 is 9.84 Å². The molecule has 1 aromatic carbocycles. The van der Waals surface area contributed by atoms with Crippen molar-refractivity contribution in [2.24, 2.45) is 0 Å². The Balaban J connectivity index is 3.00. The average Bonchev–Trinajstić information content (AvgIpc) is 2.28. The second kappa shape index (κ2) is 5.13. The molecule has 0 aromatic heterocycles. The molecule has 0 amide bonds. The van der Waals surface area contributed by atoms with E-state index in [0.29, 0.717) is 0 Å². The number of phenolic OH excluding ortho intramolecular Hbond substituents is 1. The predicted molar refractivity (Wildman–Crippen MR) is 52.1 cm³/mol. The van der Waals surface area contributed by atoms with Gasteiger partial charge in [-0.3, -0.25) is 4.89 Å². The number of hydrogen-bond acceptors (Lipinski definition) is 6. The SMILES string of the molecule is CCOC(=O)c1ccc(C(=O)OO)cc1O. The number of phenols is 1. The van der Waals surface area contributed by atoms with E-state index >= 15 is 0 Å². The monoisotopic (exact) mass is 226 g/mol. The van der Waals surface area contributed by atoms with E-state index in [4.69, 9.17) is 5.26 Å². The summed E-state index contributed by atoms with van der Waals surface area (Å²) in [5, 5.41) is 17.6. The van der Waals surface area contributed by atoms with E-state index in [2.05, 4.69) is 9.62 Å². The molecule has 6 heteroatoms. The minimum atomic E-state index is -1.02. The molecule has 0 bridgehead atoms. The molecule has 0 saturated carbocycles. The summed E-state index contributed by atoms with van der Waals surface area (Å²) >= 11 is 0. The summed E-state index contributed by atoms with van der Waals surface area (Å²) in [7, 11) is 0. The number of hydrogen-bond donors (Lipinski definition) is 2. The Morgan fingerprint density at radius 1 is 1.31 bits per heavy atom. The van der Waals surface area contributed by atoms with Crippen LogP contribution in [0.1, 0.15) is 27.6 Å². The van der Waals surface area contributed by atoms with E-state index in [1.165, 1.54) is 12.1 Å². The van der Waals surface area contributed by atoms with Crippen molar-refractivity contribution >= 4 is 11.9 Å². The minimum absolute atomic E-state index is 0.0589. The Morgan fingerprint density at radius 3 is 2.50 bits per heavy atom. The van der Waals surface area contributed by atoms with Crippen LogP contribution in [-0.4, -0.2) is 28.9 Å². The number of benzene rings is 1. The normalized spacial score (nSPS) is 9.62. The first-order chi connectivity index (χ1) is 7.60. The Morgan fingerprint density at radius 2 is 2.00 bits per heavy atom. The van der Waals surface area contributed by atoms with Crippen molar-refractivity contribution in [3.05, 3.63) is 29.3 Å². The van der Waals surface area contributed by atoms with Gasteiger partial charge in [0.25, 0.3) is 0 Å². The van der Waals surface area contributed by atoms with Crippen LogP contribution in [-0.2, 0) is 9.62 Å². The van der Waals surface area contributed by atoms with Crippen LogP contribution in [0.25, 0.3) is 0 Å². The van der Waals surface area contributed by atoms with Crippen molar-refractivity contribution in [2.75, 3.05) is 6.61 Å². The van der Waals surface area contributed by atoms with Gasteiger partial charge in [0.1, 0.15) is 11.3 Å². The topological polar surface area (TPSA) is 93.1 Å². The van der Waals surface area contributed by atoms with E-state index < -0.39 is 17.7 Å². The molecule has 16 heavy (non-hydrogen) atoms. The molecule has 0 fully saturated rings. The van der Waals surface area contributed by atoms with E-state index in [9.17, 15) is 14.7 Å². The van der Waals surface area contributed by atoms with E-state index in [-0.39, 0.29) is 17.7 Å². The molecule has 0 atom stereocenters. The Kier molecular flexibility index (Phi) is 3.84. The van der Waals surface area contributed by atoms with Crippen molar-refractivity contribution in [3.8, 4) is 5.75 Å². The maximum absolute atomic E-state index is 11.3. The first-order valence-electron chi connectivity index (χ1n) is 4.46. The number of esters is 1. The molecule has 0 aliphatic heterocycles. The minimum Gasteiger partial charge on any atom is -0.507 e. The second-order valence-electron chi connectivity index (χ2n) is 2.83. The van der Waals surface area contributed by atoms with Crippen LogP contribution in [0.5, 0.6) is 5.75 Å². The molecule has 1 aromatic rings. The van der Waals surface area contributed by atoms with Crippen LogP contribution in [0.3, 0.4) is 0 Å². The summed E-state index contributed by atoms with van der Waals surface area (Å²) in [6.45, 7) is 1.81. The Hall–Kier alpha value is -2.08. The number of aromatic hydroxyl groups is 1. The third-order valence-electron chi connectivity index (χ3n) is 1.81. The van der Waals surface area contributed by atoms with Gasteiger partial charge in [-0.2, -0.15) is 5.26 Å². The second-order valence-corrected chi connectivity index (χ2v) is 2.83. The molecule has 0 aliphatic rings. The van der Waals surface area contributed by atoms with Gasteiger partial charge in [0.15, 0.2) is 0 Å². The molecule has 0 heterocycles. The largest absolute Gasteiger partial charge is 0.507 e. The van der Waals surface area contributed by atoms with Gasteiger partial charge >= 0.3 is 11.9 Å². The summed E-state index contributed by atoms with van der Waals surface area (Å²) in [5.41, 5.74) is -0.135. The summed E-state index contributed by atoms with van der Waals surface area (Å²) < 4.78 is 4.67. The number of carbonyl (C=O) groups is 2. The lowest BCUT2D eigenvalue weighted by Crippen LogP contribution is -2.07. The van der Waals surface area contributed by atoms with Gasteiger partial charge in [-0.25, -0.2) is 9.59 Å². The number of carbonyl (C=O) groups excluding carboxylic acids is 2. The van der Waals surface area contributed by atoms with Gasteiger partial charge in [0.05, 0.1) is 12.2 Å². The third kappa shape index (κ3) is 2.48. The van der Waals surface area contributed by atoms with E-state index in [1.54, 1.807) is 6.92 Å². The van der Waals surface area contributed by atoms with Crippen molar-refractivity contribution in [3.63, 3.8) is 0 Å². The van der Waals surface area contributed by atoms with Crippen molar-refractivity contribution < 1.29 is 29.6 Å². The lowest BCUT2D eigenvalue weighted by atomic mass is 10.1. The molecule has 0 aliphatic carbocycles. The molecule has 0 spiro atoms. The van der Waals surface area contributed by atoms with Gasteiger partial charge in [0, 0.05) is 0 Å². The standard InChI is InChI=1S/C10H10O6/c1-2-15-10(13)7-4-3-6(5-8(7)11)9(12)16-14/h3-5,11,14H,2H2,1H3. The highest BCUT2D eigenvalue weighted by atomic mass is 17.1. The van der Waals surface area contributed by atoms with Crippen LogP contribution in [0.15, 0.2) is 18.2 Å². The quantitative estimate of drug-likeness (QED) is 0.457. The zero-order valence-electron chi connectivity index (χ0n) is 8.47. The lowest BCUT2D eigenvalue weighted by Gasteiger charge is -2.05. The molecular formula is C10H10O6. The van der Waals surface area contributed by atoms with Crippen LogP contribution in [0, 0.1) is 0 Å². The van der Waals surface area contributed by atoms with Crippen LogP contribution < -0.4 is 0 Å². The van der Waals surface area contributed by atoms with E-state index in [0.717, 1.165) is 6.07 Å². The van der Waals surface area contributed by atoms with Gasteiger partial charge in [-0.05, 0) is 25.1 Å². The maximum atomic E-state index is 11.3. The molecule has 0 saturated heterocycles. The fraction of sp³-hybridized carbons (Fsp3) is 0.200. The lowest BCUT2D eigenvalue weighted by molar-refractivity contribution is -0.182. The van der Waals surface area contributed by atoms with Gasteiger partial charge in [-0.15, -0.1) is 0 Å².